The number of carbonyl (C=O) groups excluding carboxylic acids is 2. The van der Waals surface area contributed by atoms with Crippen LogP contribution in [-0.2, 0) is 25.5 Å². The minimum atomic E-state index is -0.551. The van der Waals surface area contributed by atoms with Gasteiger partial charge in [0.1, 0.15) is 19.0 Å². The fourth-order valence-electron chi connectivity index (χ4n) is 1.19. The number of phenols is 1. The molecule has 0 aliphatic heterocycles. The van der Waals surface area contributed by atoms with E-state index < -0.39 is 11.9 Å². The van der Waals surface area contributed by atoms with Crippen molar-refractivity contribution in [2.45, 2.75) is 6.42 Å². The minimum Gasteiger partial charge on any atom is -0.508 e. The topological polar surface area (TPSA) is 72.8 Å². The molecule has 0 aliphatic carbocycles. The lowest BCUT2D eigenvalue weighted by Gasteiger charge is -2.05. The maximum atomic E-state index is 11.4. The molecular formula is C13H14O5. The van der Waals surface area contributed by atoms with E-state index in [2.05, 4.69) is 11.3 Å². The highest BCUT2D eigenvalue weighted by Crippen LogP contribution is 2.10. The molecule has 1 N–H and O–H groups in total. The van der Waals surface area contributed by atoms with Gasteiger partial charge in [0.2, 0.25) is 0 Å². The Bertz CT molecular complexity index is 422. The third-order valence-electron chi connectivity index (χ3n) is 2.04. The number of rotatable bonds is 6. The standard InChI is InChI=1S/C13H14O5/c1-2-12(15)17-7-8-18-13(16)9-10-3-5-11(14)6-4-10/h2-6,14H,1,7-9H2. The molecule has 1 aromatic carbocycles. The molecular weight excluding hydrogens is 236 g/mol. The van der Waals surface area contributed by atoms with Crippen molar-refractivity contribution >= 4 is 11.9 Å². The van der Waals surface area contributed by atoms with E-state index in [1.807, 2.05) is 0 Å². The highest BCUT2D eigenvalue weighted by Gasteiger charge is 2.05. The molecule has 1 aromatic rings. The van der Waals surface area contributed by atoms with Gasteiger partial charge in [0.15, 0.2) is 0 Å². The summed E-state index contributed by atoms with van der Waals surface area (Å²) in [5.74, 6) is -0.830. The molecule has 0 spiro atoms. The number of phenolic OH excluding ortho intramolecular Hbond substituents is 1. The fourth-order valence-corrected chi connectivity index (χ4v) is 1.19. The molecule has 0 aliphatic rings. The van der Waals surface area contributed by atoms with Gasteiger partial charge in [-0.2, -0.15) is 0 Å². The van der Waals surface area contributed by atoms with Gasteiger partial charge in [-0.15, -0.1) is 0 Å². The second-order valence-electron chi connectivity index (χ2n) is 3.44. The predicted octanol–water partition coefficient (Wildman–Crippen LogP) is 1.21. The summed E-state index contributed by atoms with van der Waals surface area (Å²) < 4.78 is 9.50. The Morgan fingerprint density at radius 2 is 1.78 bits per heavy atom. The number of aromatic hydroxyl groups is 1. The van der Waals surface area contributed by atoms with E-state index in [0.717, 1.165) is 11.6 Å². The van der Waals surface area contributed by atoms with Crippen LogP contribution in [0.2, 0.25) is 0 Å². The zero-order chi connectivity index (χ0) is 13.4. The van der Waals surface area contributed by atoms with Crippen LogP contribution in [0.1, 0.15) is 5.56 Å². The van der Waals surface area contributed by atoms with E-state index in [9.17, 15) is 9.59 Å². The number of esters is 2. The van der Waals surface area contributed by atoms with E-state index in [1.54, 1.807) is 12.1 Å². The van der Waals surface area contributed by atoms with Gasteiger partial charge in [-0.05, 0) is 17.7 Å². The van der Waals surface area contributed by atoms with Crippen molar-refractivity contribution in [1.82, 2.24) is 0 Å². The van der Waals surface area contributed by atoms with Crippen LogP contribution in [0.25, 0.3) is 0 Å². The Labute approximate surface area is 105 Å². The molecule has 0 unspecified atom stereocenters. The van der Waals surface area contributed by atoms with E-state index in [-0.39, 0.29) is 25.4 Å². The summed E-state index contributed by atoms with van der Waals surface area (Å²) >= 11 is 0. The first kappa shape index (κ1) is 13.8. The maximum absolute atomic E-state index is 11.4. The van der Waals surface area contributed by atoms with Crippen molar-refractivity contribution in [3.05, 3.63) is 42.5 Å². The monoisotopic (exact) mass is 250 g/mol. The van der Waals surface area contributed by atoms with Crippen LogP contribution < -0.4 is 0 Å². The molecule has 0 bridgehead atoms. The van der Waals surface area contributed by atoms with Gasteiger partial charge in [0.25, 0.3) is 0 Å². The van der Waals surface area contributed by atoms with Gasteiger partial charge < -0.3 is 14.6 Å². The van der Waals surface area contributed by atoms with E-state index >= 15 is 0 Å². The largest absolute Gasteiger partial charge is 0.508 e. The van der Waals surface area contributed by atoms with Crippen LogP contribution in [-0.4, -0.2) is 30.3 Å². The van der Waals surface area contributed by atoms with E-state index in [4.69, 9.17) is 9.84 Å². The summed E-state index contributed by atoms with van der Waals surface area (Å²) in [6.45, 7) is 3.25. The Balaban J connectivity index is 2.23. The summed E-state index contributed by atoms with van der Waals surface area (Å²) in [5.41, 5.74) is 0.737. The molecule has 5 nitrogen and oxygen atoms in total. The molecule has 96 valence electrons. The average molecular weight is 250 g/mol. The fraction of sp³-hybridized carbons (Fsp3) is 0.231. The first-order valence-corrected chi connectivity index (χ1v) is 5.34. The van der Waals surface area contributed by atoms with Crippen LogP contribution in [0.15, 0.2) is 36.9 Å². The molecule has 0 saturated carbocycles. The van der Waals surface area contributed by atoms with Crippen molar-refractivity contribution in [3.63, 3.8) is 0 Å². The third kappa shape index (κ3) is 5.16. The molecule has 0 saturated heterocycles. The van der Waals surface area contributed by atoms with Gasteiger partial charge in [-0.3, -0.25) is 4.79 Å². The number of hydrogen-bond donors (Lipinski definition) is 1. The SMILES string of the molecule is C=CC(=O)OCCOC(=O)Cc1ccc(O)cc1. The molecule has 0 aromatic heterocycles. The Morgan fingerprint density at radius 3 is 2.39 bits per heavy atom. The zero-order valence-corrected chi connectivity index (χ0v) is 9.80. The molecule has 0 atom stereocenters. The number of benzene rings is 1. The maximum Gasteiger partial charge on any atom is 0.330 e. The zero-order valence-electron chi connectivity index (χ0n) is 9.80. The lowest BCUT2D eigenvalue weighted by molar-refractivity contribution is -0.149. The molecule has 0 radical (unpaired) electrons. The quantitative estimate of drug-likeness (QED) is 0.466. The highest BCUT2D eigenvalue weighted by atomic mass is 16.6. The normalized spacial score (nSPS) is 9.56. The van der Waals surface area contributed by atoms with Crippen molar-refractivity contribution in [3.8, 4) is 5.75 Å². The second-order valence-corrected chi connectivity index (χ2v) is 3.44. The molecule has 1 rings (SSSR count). The highest BCUT2D eigenvalue weighted by molar-refractivity contribution is 5.81. The van der Waals surface area contributed by atoms with Gasteiger partial charge >= 0.3 is 11.9 Å². The minimum absolute atomic E-state index is 0.00612. The summed E-state index contributed by atoms with van der Waals surface area (Å²) in [6, 6.07) is 6.26. The van der Waals surface area contributed by atoms with Crippen LogP contribution >= 0.6 is 0 Å². The van der Waals surface area contributed by atoms with E-state index in [1.165, 1.54) is 12.1 Å². The van der Waals surface area contributed by atoms with Crippen molar-refractivity contribution in [1.29, 1.82) is 0 Å². The van der Waals surface area contributed by atoms with Crippen molar-refractivity contribution < 1.29 is 24.2 Å². The Morgan fingerprint density at radius 1 is 1.17 bits per heavy atom. The Kier molecular flexibility index (Phi) is 5.44. The summed E-state index contributed by atoms with van der Waals surface area (Å²) in [5, 5.41) is 9.07. The number of ether oxygens (including phenoxy) is 2. The van der Waals surface area contributed by atoms with Crippen molar-refractivity contribution in [2.24, 2.45) is 0 Å². The third-order valence-corrected chi connectivity index (χ3v) is 2.04. The average Bonchev–Trinajstić information content (AvgIpc) is 2.37. The molecule has 5 heteroatoms. The molecule has 18 heavy (non-hydrogen) atoms. The van der Waals surface area contributed by atoms with Gasteiger partial charge in [-0.1, -0.05) is 18.7 Å². The first-order chi connectivity index (χ1) is 8.61. The molecule has 0 fully saturated rings. The summed E-state index contributed by atoms with van der Waals surface area (Å²) in [6.07, 6.45) is 1.15. The van der Waals surface area contributed by atoms with Crippen LogP contribution in [0.5, 0.6) is 5.75 Å². The van der Waals surface area contributed by atoms with Crippen LogP contribution in [0.3, 0.4) is 0 Å². The first-order valence-electron chi connectivity index (χ1n) is 5.34. The smallest absolute Gasteiger partial charge is 0.330 e. The second kappa shape index (κ2) is 7.11. The number of carbonyl (C=O) groups is 2. The van der Waals surface area contributed by atoms with Crippen LogP contribution in [0.4, 0.5) is 0 Å². The Hall–Kier alpha value is -2.30. The van der Waals surface area contributed by atoms with Crippen LogP contribution in [0, 0.1) is 0 Å². The lowest BCUT2D eigenvalue weighted by atomic mass is 10.1. The summed E-state index contributed by atoms with van der Waals surface area (Å²) in [7, 11) is 0. The summed E-state index contributed by atoms with van der Waals surface area (Å²) in [4.78, 5) is 22.0. The molecule has 0 heterocycles. The lowest BCUT2D eigenvalue weighted by Crippen LogP contribution is -2.14. The van der Waals surface area contributed by atoms with Gasteiger partial charge in [0.05, 0.1) is 6.42 Å². The molecule has 0 amide bonds. The van der Waals surface area contributed by atoms with Gasteiger partial charge in [0, 0.05) is 6.08 Å². The van der Waals surface area contributed by atoms with E-state index in [0.29, 0.717) is 0 Å². The van der Waals surface area contributed by atoms with Gasteiger partial charge in [-0.25, -0.2) is 4.79 Å². The predicted molar refractivity (Wildman–Crippen MR) is 63.9 cm³/mol. The number of hydrogen-bond acceptors (Lipinski definition) is 5. The van der Waals surface area contributed by atoms with Crippen molar-refractivity contribution in [2.75, 3.05) is 13.2 Å².